The normalized spacial score (nSPS) is 14.3. The first-order valence-electron chi connectivity index (χ1n) is 8.25. The van der Waals surface area contributed by atoms with Crippen LogP contribution in [0.5, 0.6) is 0 Å². The standard InChI is InChI=1S/C19H14ClF2N3OS/c20-18-16(24-7-5-12(6-8-24)17-2-1-9-27-17)11-23-25(19(18)26)15-4-3-13(21)10-14(15)22/h1-5,9-11H,6-8H2. The van der Waals surface area contributed by atoms with Gasteiger partial charge in [-0.15, -0.1) is 11.3 Å². The van der Waals surface area contributed by atoms with Gasteiger partial charge in [0.05, 0.1) is 11.9 Å². The maximum atomic E-state index is 14.0. The first-order valence-corrected chi connectivity index (χ1v) is 9.51. The van der Waals surface area contributed by atoms with Crippen LogP contribution in [0, 0.1) is 11.6 Å². The molecule has 1 aliphatic heterocycles. The van der Waals surface area contributed by atoms with Crippen LogP contribution in [0.3, 0.4) is 0 Å². The molecule has 0 radical (unpaired) electrons. The smallest absolute Gasteiger partial charge is 0.292 e. The van der Waals surface area contributed by atoms with E-state index in [1.54, 1.807) is 11.3 Å². The summed E-state index contributed by atoms with van der Waals surface area (Å²) in [4.78, 5) is 15.8. The van der Waals surface area contributed by atoms with Gasteiger partial charge in [-0.3, -0.25) is 4.79 Å². The summed E-state index contributed by atoms with van der Waals surface area (Å²) in [6, 6.07) is 7.02. The van der Waals surface area contributed by atoms with Crippen LogP contribution in [0.1, 0.15) is 11.3 Å². The number of rotatable bonds is 3. The average molecular weight is 406 g/mol. The van der Waals surface area contributed by atoms with Gasteiger partial charge in [0.1, 0.15) is 16.5 Å². The number of aromatic nitrogens is 2. The zero-order valence-electron chi connectivity index (χ0n) is 14.0. The maximum Gasteiger partial charge on any atom is 0.292 e. The largest absolute Gasteiger partial charge is 0.365 e. The van der Waals surface area contributed by atoms with E-state index in [2.05, 4.69) is 17.2 Å². The molecule has 0 N–H and O–H groups in total. The van der Waals surface area contributed by atoms with E-state index in [9.17, 15) is 13.6 Å². The minimum absolute atomic E-state index is 0.0401. The number of halogens is 3. The molecule has 27 heavy (non-hydrogen) atoms. The maximum absolute atomic E-state index is 14.0. The average Bonchev–Trinajstić information content (AvgIpc) is 3.20. The summed E-state index contributed by atoms with van der Waals surface area (Å²) in [5, 5.41) is 6.04. The van der Waals surface area contributed by atoms with E-state index in [0.29, 0.717) is 24.8 Å². The van der Waals surface area contributed by atoms with Gasteiger partial charge in [-0.2, -0.15) is 9.78 Å². The molecule has 1 aliphatic rings. The lowest BCUT2D eigenvalue weighted by Crippen LogP contribution is -2.32. The molecule has 0 atom stereocenters. The van der Waals surface area contributed by atoms with Gasteiger partial charge in [0, 0.05) is 24.0 Å². The monoisotopic (exact) mass is 405 g/mol. The van der Waals surface area contributed by atoms with E-state index in [-0.39, 0.29) is 10.7 Å². The van der Waals surface area contributed by atoms with Crippen molar-refractivity contribution >= 4 is 34.2 Å². The molecule has 0 fully saturated rings. The predicted octanol–water partition coefficient (Wildman–Crippen LogP) is 4.52. The third kappa shape index (κ3) is 3.40. The second-order valence-electron chi connectivity index (χ2n) is 6.06. The molecule has 2 aromatic heterocycles. The number of nitrogens with zero attached hydrogens (tertiary/aromatic N) is 3. The van der Waals surface area contributed by atoms with Crippen LogP contribution in [-0.4, -0.2) is 22.9 Å². The highest BCUT2D eigenvalue weighted by molar-refractivity contribution is 7.11. The number of hydrogen-bond acceptors (Lipinski definition) is 4. The fourth-order valence-electron chi connectivity index (χ4n) is 3.04. The van der Waals surface area contributed by atoms with Crippen molar-refractivity contribution in [2.45, 2.75) is 6.42 Å². The van der Waals surface area contributed by atoms with Crippen molar-refractivity contribution in [1.82, 2.24) is 9.78 Å². The number of benzene rings is 1. The van der Waals surface area contributed by atoms with Crippen molar-refractivity contribution in [2.24, 2.45) is 0 Å². The van der Waals surface area contributed by atoms with Gasteiger partial charge in [-0.25, -0.2) is 8.78 Å². The van der Waals surface area contributed by atoms with Crippen LogP contribution in [0.25, 0.3) is 11.3 Å². The molecular formula is C19H14ClF2N3OS. The lowest BCUT2D eigenvalue weighted by molar-refractivity contribution is 0.570. The lowest BCUT2D eigenvalue weighted by atomic mass is 10.1. The SMILES string of the molecule is O=c1c(Cl)c(N2CC=C(c3cccs3)CC2)cnn1-c1ccc(F)cc1F. The van der Waals surface area contributed by atoms with Crippen molar-refractivity contribution in [3.63, 3.8) is 0 Å². The second-order valence-corrected chi connectivity index (χ2v) is 7.38. The summed E-state index contributed by atoms with van der Waals surface area (Å²) in [7, 11) is 0. The molecule has 3 heterocycles. The summed E-state index contributed by atoms with van der Waals surface area (Å²) < 4.78 is 27.9. The molecule has 0 amide bonds. The molecule has 3 aromatic rings. The fourth-order valence-corrected chi connectivity index (χ4v) is 4.09. The zero-order chi connectivity index (χ0) is 19.0. The topological polar surface area (TPSA) is 38.1 Å². The van der Waals surface area contributed by atoms with Gasteiger partial charge < -0.3 is 4.90 Å². The van der Waals surface area contributed by atoms with E-state index < -0.39 is 17.2 Å². The van der Waals surface area contributed by atoms with Gasteiger partial charge in [-0.05, 0) is 35.6 Å². The lowest BCUT2D eigenvalue weighted by Gasteiger charge is -2.28. The molecule has 0 aliphatic carbocycles. The molecule has 0 saturated carbocycles. The quantitative estimate of drug-likeness (QED) is 0.643. The van der Waals surface area contributed by atoms with E-state index in [1.165, 1.54) is 16.6 Å². The van der Waals surface area contributed by atoms with Crippen LogP contribution in [0.4, 0.5) is 14.5 Å². The first kappa shape index (κ1) is 17.9. The summed E-state index contributed by atoms with van der Waals surface area (Å²) in [5.41, 5.74) is 0.982. The second kappa shape index (κ2) is 7.25. The van der Waals surface area contributed by atoms with Crippen molar-refractivity contribution in [3.05, 3.63) is 79.9 Å². The van der Waals surface area contributed by atoms with Gasteiger partial charge >= 0.3 is 0 Å². The molecule has 4 rings (SSSR count). The molecule has 4 nitrogen and oxygen atoms in total. The molecule has 0 bridgehead atoms. The van der Waals surface area contributed by atoms with Crippen LogP contribution in [0.2, 0.25) is 5.02 Å². The number of hydrogen-bond donors (Lipinski definition) is 0. The summed E-state index contributed by atoms with van der Waals surface area (Å²) in [6.45, 7) is 1.29. The third-order valence-electron chi connectivity index (χ3n) is 4.43. The Morgan fingerprint density at radius 1 is 1.19 bits per heavy atom. The predicted molar refractivity (Wildman–Crippen MR) is 104 cm³/mol. The van der Waals surface area contributed by atoms with E-state index in [4.69, 9.17) is 11.6 Å². The Kier molecular flexibility index (Phi) is 4.80. The highest BCUT2D eigenvalue weighted by atomic mass is 35.5. The van der Waals surface area contributed by atoms with Gasteiger partial charge in [-0.1, -0.05) is 23.7 Å². The molecule has 0 spiro atoms. The van der Waals surface area contributed by atoms with Crippen LogP contribution >= 0.6 is 22.9 Å². The van der Waals surface area contributed by atoms with E-state index in [1.807, 2.05) is 16.3 Å². The molecule has 0 saturated heterocycles. The van der Waals surface area contributed by atoms with Crippen LogP contribution in [-0.2, 0) is 0 Å². The zero-order valence-corrected chi connectivity index (χ0v) is 15.6. The van der Waals surface area contributed by atoms with Crippen molar-refractivity contribution in [2.75, 3.05) is 18.0 Å². The van der Waals surface area contributed by atoms with Gasteiger partial charge in [0.25, 0.3) is 5.56 Å². The Bertz CT molecular complexity index is 1080. The Morgan fingerprint density at radius 2 is 2.04 bits per heavy atom. The van der Waals surface area contributed by atoms with Crippen LogP contribution in [0.15, 0.2) is 52.8 Å². The number of thiophene rings is 1. The molecule has 138 valence electrons. The number of anilines is 1. The fraction of sp³-hybridized carbons (Fsp3) is 0.158. The first-order chi connectivity index (χ1) is 13.0. The van der Waals surface area contributed by atoms with Crippen molar-refractivity contribution < 1.29 is 8.78 Å². The minimum Gasteiger partial charge on any atom is -0.365 e. The van der Waals surface area contributed by atoms with Gasteiger partial charge in [0.15, 0.2) is 5.82 Å². The van der Waals surface area contributed by atoms with E-state index in [0.717, 1.165) is 23.2 Å². The Labute approximate surface area is 162 Å². The van der Waals surface area contributed by atoms with Crippen molar-refractivity contribution in [3.8, 4) is 5.69 Å². The molecule has 8 heteroatoms. The summed E-state index contributed by atoms with van der Waals surface area (Å²) in [6.07, 6.45) is 4.37. The highest BCUT2D eigenvalue weighted by Gasteiger charge is 2.20. The summed E-state index contributed by atoms with van der Waals surface area (Å²) >= 11 is 7.96. The third-order valence-corrected chi connectivity index (χ3v) is 5.73. The van der Waals surface area contributed by atoms with Crippen LogP contribution < -0.4 is 10.5 Å². The Morgan fingerprint density at radius 3 is 2.70 bits per heavy atom. The molecule has 0 unspecified atom stereocenters. The molecule has 1 aromatic carbocycles. The summed E-state index contributed by atoms with van der Waals surface area (Å²) in [5.74, 6) is -1.61. The molecular weight excluding hydrogens is 392 g/mol. The Balaban J connectivity index is 1.64. The van der Waals surface area contributed by atoms with E-state index >= 15 is 0 Å². The Hall–Kier alpha value is -2.51. The van der Waals surface area contributed by atoms with Gasteiger partial charge in [0.2, 0.25) is 0 Å². The minimum atomic E-state index is -0.880. The van der Waals surface area contributed by atoms with Crippen molar-refractivity contribution in [1.29, 1.82) is 0 Å². The highest BCUT2D eigenvalue weighted by Crippen LogP contribution is 2.30.